The highest BCUT2D eigenvalue weighted by Gasteiger charge is 2.27. The van der Waals surface area contributed by atoms with E-state index in [9.17, 15) is 9.18 Å². The van der Waals surface area contributed by atoms with E-state index < -0.39 is 5.82 Å². The number of amides is 2. The predicted molar refractivity (Wildman–Crippen MR) is 235 cm³/mol. The Morgan fingerprint density at radius 2 is 1.43 bits per heavy atom. The Labute approximate surface area is 350 Å². The number of hydrogen-bond acceptors (Lipinski definition) is 9. The minimum absolute atomic E-state index is 0.0115. The van der Waals surface area contributed by atoms with Crippen molar-refractivity contribution in [2.45, 2.75) is 18.9 Å². The van der Waals surface area contributed by atoms with Gasteiger partial charge in [0.15, 0.2) is 11.5 Å². The number of carbonyl (C=O) groups is 1. The first-order valence-corrected chi connectivity index (χ1v) is 19.8. The number of aromatic amines is 2. The van der Waals surface area contributed by atoms with Crippen LogP contribution in [-0.2, 0) is 4.74 Å². The Morgan fingerprint density at radius 3 is 2.03 bits per heavy atom. The molecule has 15 heteroatoms. The van der Waals surface area contributed by atoms with Crippen LogP contribution >= 0.6 is 11.6 Å². The molecule has 4 aromatic heterocycles. The highest BCUT2D eigenvalue weighted by Crippen LogP contribution is 2.36. The fourth-order valence-electron chi connectivity index (χ4n) is 6.98. The topological polar surface area (TPSA) is 146 Å². The van der Waals surface area contributed by atoms with E-state index in [0.29, 0.717) is 73.0 Å². The van der Waals surface area contributed by atoms with Gasteiger partial charge >= 0.3 is 6.03 Å². The van der Waals surface area contributed by atoms with Crippen molar-refractivity contribution in [3.05, 3.63) is 119 Å². The van der Waals surface area contributed by atoms with Gasteiger partial charge in [-0.1, -0.05) is 11.6 Å². The minimum Gasteiger partial charge on any atom is -0.493 e. The molecule has 0 spiro atoms. The second-order valence-electron chi connectivity index (χ2n) is 14.4. The number of rotatable bonds is 8. The number of aromatic nitrogens is 6. The monoisotopic (exact) mass is 827 g/mol. The smallest absolute Gasteiger partial charge is 0.319 e. The fourth-order valence-corrected chi connectivity index (χ4v) is 7.16. The van der Waals surface area contributed by atoms with Gasteiger partial charge in [0.2, 0.25) is 0 Å². The van der Waals surface area contributed by atoms with Gasteiger partial charge in [0.25, 0.3) is 0 Å². The van der Waals surface area contributed by atoms with Gasteiger partial charge in [0, 0.05) is 85.8 Å². The molecule has 8 bridgehead atoms. The summed E-state index contributed by atoms with van der Waals surface area (Å²) < 4.78 is 30.5. The normalized spacial score (nSPS) is 13.5. The molecule has 9 rings (SSSR count). The van der Waals surface area contributed by atoms with Crippen LogP contribution < -0.4 is 14.8 Å². The number of fused-ring (bicyclic) bond motifs is 9. The summed E-state index contributed by atoms with van der Waals surface area (Å²) in [6.45, 7) is 2.23. The molecular formula is C45H43ClFN9O4. The van der Waals surface area contributed by atoms with Crippen molar-refractivity contribution in [2.75, 3.05) is 52.8 Å². The lowest BCUT2D eigenvalue weighted by Gasteiger charge is -2.34. The molecule has 0 radical (unpaired) electrons. The van der Waals surface area contributed by atoms with Crippen molar-refractivity contribution in [3.63, 3.8) is 0 Å². The number of halogens is 2. The number of methoxy groups -OCH3 is 2. The van der Waals surface area contributed by atoms with Gasteiger partial charge in [-0.05, 0) is 97.1 Å². The second kappa shape index (κ2) is 18.0. The summed E-state index contributed by atoms with van der Waals surface area (Å²) in [4.78, 5) is 40.8. The summed E-state index contributed by atoms with van der Waals surface area (Å²) >= 11 is 5.92. The van der Waals surface area contributed by atoms with E-state index in [4.69, 9.17) is 25.8 Å². The number of urea groups is 1. The van der Waals surface area contributed by atoms with Crippen LogP contribution in [0.25, 0.3) is 57.3 Å². The lowest BCUT2D eigenvalue weighted by Crippen LogP contribution is -2.47. The lowest BCUT2D eigenvalue weighted by molar-refractivity contribution is 0.0910. The number of anilines is 2. The fraction of sp³-hybridized carbons (Fsp3) is 0.222. The Hall–Kier alpha value is -6.77. The molecule has 0 saturated carbocycles. The number of ether oxygens (including phenoxy) is 3. The summed E-state index contributed by atoms with van der Waals surface area (Å²) in [6, 6.07) is 24.4. The van der Waals surface area contributed by atoms with Gasteiger partial charge in [0.1, 0.15) is 24.1 Å². The van der Waals surface area contributed by atoms with E-state index in [1.807, 2.05) is 53.5 Å². The first-order valence-electron chi connectivity index (χ1n) is 19.4. The average molecular weight is 828 g/mol. The molecule has 60 heavy (non-hydrogen) atoms. The van der Waals surface area contributed by atoms with Crippen LogP contribution in [-0.4, -0.2) is 99.3 Å². The van der Waals surface area contributed by atoms with Gasteiger partial charge in [-0.2, -0.15) is 0 Å². The van der Waals surface area contributed by atoms with Crippen LogP contribution in [0.15, 0.2) is 85.2 Å². The third-order valence-electron chi connectivity index (χ3n) is 10.1. The minimum atomic E-state index is -0.496. The molecule has 0 atom stereocenters. The molecule has 3 N–H and O–H groups in total. The van der Waals surface area contributed by atoms with Crippen LogP contribution in [0, 0.1) is 5.82 Å². The van der Waals surface area contributed by atoms with Crippen molar-refractivity contribution in [2.24, 2.45) is 0 Å². The lowest BCUT2D eigenvalue weighted by atomic mass is 10.1. The van der Waals surface area contributed by atoms with Crippen molar-refractivity contribution < 1.29 is 23.4 Å². The first kappa shape index (κ1) is 40.0. The third kappa shape index (κ3) is 9.57. The van der Waals surface area contributed by atoms with Crippen molar-refractivity contribution >= 4 is 86.4 Å². The van der Waals surface area contributed by atoms with Gasteiger partial charge < -0.3 is 39.3 Å². The summed E-state index contributed by atoms with van der Waals surface area (Å²) in [6.07, 6.45) is 10.8. The zero-order valence-corrected chi connectivity index (χ0v) is 34.0. The number of benzene rings is 2. The summed E-state index contributed by atoms with van der Waals surface area (Å²) in [5, 5.41) is 3.89. The number of hydrogen-bond donors (Lipinski definition) is 3. The Bertz CT molecular complexity index is 2670. The van der Waals surface area contributed by atoms with Crippen LogP contribution in [0.5, 0.6) is 11.5 Å². The molecule has 1 saturated heterocycles. The number of nitrogens with one attached hydrogen (secondary N) is 3. The molecule has 0 aliphatic carbocycles. The Kier molecular flexibility index (Phi) is 12.0. The number of likely N-dealkylation sites (tertiary alicyclic amines) is 1. The standard InChI is InChI=1S/C25H29ClFN5O4.C20H14N4/c1-31(10-11-34-2)25(33)32-8-6-17(7-9-32)36-23-13-18-21(14-22(23)35-3)28-15-29-24(18)30-16-4-5-20(27)19(26)12-16;1-2-14-10-16-5-6-18(23-16)12-20-8-7-19(24-20)11-17-4-3-15(22-17)9-13(1)21-14/h4-5,12-15,17H,6-11H2,1-3H3,(H,28,29,30);1-12,21-22H. The predicted octanol–water partition coefficient (Wildman–Crippen LogP) is 9.37. The first-order chi connectivity index (χ1) is 29.2. The second-order valence-corrected chi connectivity index (χ2v) is 14.8. The summed E-state index contributed by atoms with van der Waals surface area (Å²) in [5.74, 6) is 1.14. The van der Waals surface area contributed by atoms with Crippen LogP contribution in [0.2, 0.25) is 5.02 Å². The molecule has 3 aliphatic heterocycles. The van der Waals surface area contributed by atoms with Gasteiger partial charge in [-0.25, -0.2) is 29.1 Å². The molecule has 3 aliphatic rings. The van der Waals surface area contributed by atoms with Gasteiger partial charge in [-0.15, -0.1) is 0 Å². The molecule has 7 heterocycles. The van der Waals surface area contributed by atoms with E-state index in [1.165, 1.54) is 18.5 Å². The quantitative estimate of drug-likeness (QED) is 0.136. The number of carbonyl (C=O) groups excluding carboxylic acids is 1. The average Bonchev–Trinajstić information content (AvgIpc) is 4.09. The van der Waals surface area contributed by atoms with Crippen LogP contribution in [0.4, 0.5) is 20.7 Å². The van der Waals surface area contributed by atoms with E-state index in [-0.39, 0.29) is 17.2 Å². The zero-order chi connectivity index (χ0) is 41.6. The maximum atomic E-state index is 13.6. The number of nitrogens with zero attached hydrogens (tertiary/aromatic N) is 6. The van der Waals surface area contributed by atoms with E-state index >= 15 is 0 Å². The highest BCUT2D eigenvalue weighted by atomic mass is 35.5. The van der Waals surface area contributed by atoms with Crippen molar-refractivity contribution in [1.29, 1.82) is 0 Å². The molecular weight excluding hydrogens is 785 g/mol. The molecule has 1 fully saturated rings. The Balaban J connectivity index is 0.000000179. The molecule has 306 valence electrons. The molecule has 2 aromatic carbocycles. The van der Waals surface area contributed by atoms with E-state index in [1.54, 1.807) is 38.3 Å². The van der Waals surface area contributed by atoms with Crippen LogP contribution in [0.1, 0.15) is 35.6 Å². The maximum absolute atomic E-state index is 13.6. The van der Waals surface area contributed by atoms with Crippen molar-refractivity contribution in [3.8, 4) is 11.5 Å². The Morgan fingerprint density at radius 1 is 0.817 bits per heavy atom. The largest absolute Gasteiger partial charge is 0.493 e. The molecule has 6 aromatic rings. The van der Waals surface area contributed by atoms with Crippen LogP contribution in [0.3, 0.4) is 0 Å². The highest BCUT2D eigenvalue weighted by molar-refractivity contribution is 6.31. The molecule has 13 nitrogen and oxygen atoms in total. The third-order valence-corrected chi connectivity index (χ3v) is 10.4. The molecule has 0 unspecified atom stereocenters. The number of piperidine rings is 1. The van der Waals surface area contributed by atoms with E-state index in [0.717, 1.165) is 44.8 Å². The summed E-state index contributed by atoms with van der Waals surface area (Å²) in [5.41, 5.74) is 9.11. The van der Waals surface area contributed by atoms with Crippen molar-refractivity contribution in [1.82, 2.24) is 39.7 Å². The number of H-pyrrole nitrogens is 2. The van der Waals surface area contributed by atoms with E-state index in [2.05, 4.69) is 65.6 Å². The summed E-state index contributed by atoms with van der Waals surface area (Å²) in [7, 11) is 4.97. The van der Waals surface area contributed by atoms with Gasteiger partial charge in [0.05, 0.1) is 47.0 Å². The number of likely N-dealkylation sites (N-methyl/N-ethyl adjacent to an activating group) is 1. The van der Waals surface area contributed by atoms with Gasteiger partial charge in [-0.3, -0.25) is 0 Å². The zero-order valence-electron chi connectivity index (χ0n) is 33.3. The SMILES string of the molecule is C1=Cc2cc3ccc(cc4ccc(cc5nc(cc1n2)C=C5)[nH]4)[nH]3.COCCN(C)C(=O)N1CCC(Oc2cc3c(Nc4ccc(F)c(Cl)c4)ncnc3cc2OC)CC1. The maximum Gasteiger partial charge on any atom is 0.319 e. The molecule has 2 amide bonds.